The Balaban J connectivity index is 2.10. The molecular formula is C10H11ClN2O2. The molecule has 2 heterocycles. The summed E-state index contributed by atoms with van der Waals surface area (Å²) in [6.45, 7) is 0.724. The first-order chi connectivity index (χ1) is 7.18. The predicted molar refractivity (Wildman–Crippen MR) is 55.9 cm³/mol. The Bertz CT molecular complexity index is 383. The van der Waals surface area contributed by atoms with Crippen LogP contribution < -0.4 is 4.74 Å². The lowest BCUT2D eigenvalue weighted by atomic mass is 10.3. The Morgan fingerprint density at radius 2 is 2.47 bits per heavy atom. The average Bonchev–Trinajstić information content (AvgIpc) is 2.53. The van der Waals surface area contributed by atoms with E-state index in [-0.39, 0.29) is 5.91 Å². The molecule has 0 radical (unpaired) electrons. The van der Waals surface area contributed by atoms with E-state index in [9.17, 15) is 4.79 Å². The quantitative estimate of drug-likeness (QED) is 0.715. The molecule has 0 aromatic carbocycles. The zero-order chi connectivity index (χ0) is 10.8. The highest BCUT2D eigenvalue weighted by atomic mass is 35.5. The van der Waals surface area contributed by atoms with Gasteiger partial charge in [-0.3, -0.25) is 4.79 Å². The maximum absolute atomic E-state index is 11.6. The van der Waals surface area contributed by atoms with Gasteiger partial charge < -0.3 is 9.64 Å². The summed E-state index contributed by atoms with van der Waals surface area (Å²) in [5, 5.41) is 0.292. The molecule has 1 aliphatic rings. The summed E-state index contributed by atoms with van der Waals surface area (Å²) >= 11 is 5.83. The lowest BCUT2D eigenvalue weighted by Gasteiger charge is -2.13. The van der Waals surface area contributed by atoms with Crippen molar-refractivity contribution >= 4 is 17.5 Å². The molecule has 1 aromatic rings. The second kappa shape index (κ2) is 4.06. The van der Waals surface area contributed by atoms with Crippen molar-refractivity contribution in [3.63, 3.8) is 0 Å². The van der Waals surface area contributed by atoms with Gasteiger partial charge in [0, 0.05) is 26.2 Å². The molecule has 1 unspecified atom stereocenters. The van der Waals surface area contributed by atoms with E-state index >= 15 is 0 Å². The van der Waals surface area contributed by atoms with Gasteiger partial charge in [0.05, 0.1) is 0 Å². The lowest BCUT2D eigenvalue weighted by molar-refractivity contribution is -0.132. The number of hydrogen-bond acceptors (Lipinski definition) is 3. The number of ether oxygens (including phenoxy) is 1. The van der Waals surface area contributed by atoms with Gasteiger partial charge in [0.1, 0.15) is 0 Å². The van der Waals surface area contributed by atoms with Crippen molar-refractivity contribution in [1.82, 2.24) is 9.88 Å². The summed E-state index contributed by atoms with van der Waals surface area (Å²) in [4.78, 5) is 17.1. The molecule has 1 atom stereocenters. The fourth-order valence-electron chi connectivity index (χ4n) is 1.51. The van der Waals surface area contributed by atoms with Gasteiger partial charge in [-0.25, -0.2) is 4.98 Å². The van der Waals surface area contributed by atoms with E-state index in [1.165, 1.54) is 0 Å². The van der Waals surface area contributed by atoms with Crippen molar-refractivity contribution in [1.29, 1.82) is 0 Å². The number of carbonyl (C=O) groups excluding carboxylic acids is 1. The third-order valence-corrected chi connectivity index (χ3v) is 2.66. The molecule has 0 aliphatic carbocycles. The molecule has 1 saturated heterocycles. The first-order valence-corrected chi connectivity index (χ1v) is 5.08. The topological polar surface area (TPSA) is 42.4 Å². The van der Waals surface area contributed by atoms with Gasteiger partial charge in [-0.2, -0.15) is 0 Å². The van der Waals surface area contributed by atoms with Crippen LogP contribution in [-0.2, 0) is 4.79 Å². The van der Waals surface area contributed by atoms with E-state index in [1.54, 1.807) is 30.3 Å². The summed E-state index contributed by atoms with van der Waals surface area (Å²) in [5.41, 5.74) is 0. The van der Waals surface area contributed by atoms with Crippen LogP contribution in [0.4, 0.5) is 0 Å². The number of halogens is 1. The molecule has 0 spiro atoms. The van der Waals surface area contributed by atoms with E-state index in [0.29, 0.717) is 17.3 Å². The first kappa shape index (κ1) is 10.2. The van der Waals surface area contributed by atoms with Crippen LogP contribution in [0.25, 0.3) is 0 Å². The number of aromatic nitrogens is 1. The van der Waals surface area contributed by atoms with Crippen LogP contribution in [0.1, 0.15) is 6.42 Å². The third-order valence-electron chi connectivity index (χ3n) is 2.37. The number of nitrogens with zero attached hydrogens (tertiary/aromatic N) is 2. The number of likely N-dealkylation sites (tertiary alicyclic amines) is 1. The van der Waals surface area contributed by atoms with E-state index in [2.05, 4.69) is 4.98 Å². The molecule has 2 rings (SSSR count). The molecule has 1 aromatic heterocycles. The second-order valence-corrected chi connectivity index (χ2v) is 3.81. The van der Waals surface area contributed by atoms with Gasteiger partial charge in [0.2, 0.25) is 0 Å². The third kappa shape index (κ3) is 2.04. The van der Waals surface area contributed by atoms with E-state index in [1.807, 2.05) is 0 Å². The Kier molecular flexibility index (Phi) is 2.77. The molecule has 0 N–H and O–H groups in total. The molecule has 15 heavy (non-hydrogen) atoms. The molecule has 4 nitrogen and oxygen atoms in total. The van der Waals surface area contributed by atoms with Crippen LogP contribution >= 0.6 is 11.6 Å². The lowest BCUT2D eigenvalue weighted by Crippen LogP contribution is -2.29. The molecule has 5 heteroatoms. The summed E-state index contributed by atoms with van der Waals surface area (Å²) < 4.78 is 5.50. The minimum Gasteiger partial charge on any atom is -0.477 e. The van der Waals surface area contributed by atoms with Crippen LogP contribution in [0.15, 0.2) is 18.3 Å². The maximum atomic E-state index is 11.6. The number of pyridine rings is 1. The van der Waals surface area contributed by atoms with Crippen LogP contribution in [-0.4, -0.2) is 35.5 Å². The van der Waals surface area contributed by atoms with E-state index in [4.69, 9.17) is 16.3 Å². The van der Waals surface area contributed by atoms with Crippen molar-refractivity contribution in [2.75, 3.05) is 13.6 Å². The number of amides is 1. The SMILES string of the molecule is CN1CCC(Oc2cccnc2Cl)C1=O. The minimum absolute atomic E-state index is 0.00470. The monoisotopic (exact) mass is 226 g/mol. The first-order valence-electron chi connectivity index (χ1n) is 4.70. The smallest absolute Gasteiger partial charge is 0.263 e. The fraction of sp³-hybridized carbons (Fsp3) is 0.400. The summed E-state index contributed by atoms with van der Waals surface area (Å²) in [5.74, 6) is 0.461. The summed E-state index contributed by atoms with van der Waals surface area (Å²) in [6, 6.07) is 3.44. The molecule has 1 amide bonds. The van der Waals surface area contributed by atoms with Gasteiger partial charge in [0.25, 0.3) is 5.91 Å². The normalized spacial score (nSPS) is 20.8. The second-order valence-electron chi connectivity index (χ2n) is 3.45. The van der Waals surface area contributed by atoms with Crippen molar-refractivity contribution in [2.45, 2.75) is 12.5 Å². The molecule has 0 bridgehead atoms. The standard InChI is InChI=1S/C10H11ClN2O2/c1-13-6-4-8(10(13)14)15-7-3-2-5-12-9(7)11/h2-3,5,8H,4,6H2,1H3. The van der Waals surface area contributed by atoms with Crippen LogP contribution in [0, 0.1) is 0 Å². The predicted octanol–water partition coefficient (Wildman–Crippen LogP) is 1.34. The highest BCUT2D eigenvalue weighted by Gasteiger charge is 2.31. The minimum atomic E-state index is -0.420. The molecule has 0 saturated carbocycles. The summed E-state index contributed by atoms with van der Waals surface area (Å²) in [7, 11) is 1.76. The Hall–Kier alpha value is -1.29. The zero-order valence-electron chi connectivity index (χ0n) is 8.31. The molecule has 80 valence electrons. The van der Waals surface area contributed by atoms with Crippen LogP contribution in [0.2, 0.25) is 5.15 Å². The van der Waals surface area contributed by atoms with Crippen molar-refractivity contribution in [3.05, 3.63) is 23.5 Å². The van der Waals surface area contributed by atoms with E-state index < -0.39 is 6.10 Å². The average molecular weight is 227 g/mol. The summed E-state index contributed by atoms with van der Waals surface area (Å²) in [6.07, 6.45) is 1.86. The Labute approximate surface area is 92.8 Å². The number of rotatable bonds is 2. The molecule has 1 fully saturated rings. The Morgan fingerprint density at radius 1 is 1.67 bits per heavy atom. The number of carbonyl (C=O) groups is 1. The molecule has 1 aliphatic heterocycles. The van der Waals surface area contributed by atoms with Crippen LogP contribution in [0.5, 0.6) is 5.75 Å². The van der Waals surface area contributed by atoms with Crippen molar-refractivity contribution in [3.8, 4) is 5.75 Å². The van der Waals surface area contributed by atoms with Crippen molar-refractivity contribution < 1.29 is 9.53 Å². The number of likely N-dealkylation sites (N-methyl/N-ethyl adjacent to an activating group) is 1. The molecular weight excluding hydrogens is 216 g/mol. The Morgan fingerprint density at radius 3 is 3.07 bits per heavy atom. The van der Waals surface area contributed by atoms with Crippen LogP contribution in [0.3, 0.4) is 0 Å². The van der Waals surface area contributed by atoms with E-state index in [0.717, 1.165) is 6.54 Å². The highest BCUT2D eigenvalue weighted by Crippen LogP contribution is 2.24. The number of hydrogen-bond donors (Lipinski definition) is 0. The van der Waals surface area contributed by atoms with Gasteiger partial charge in [-0.15, -0.1) is 0 Å². The highest BCUT2D eigenvalue weighted by molar-refractivity contribution is 6.30. The van der Waals surface area contributed by atoms with Gasteiger partial charge >= 0.3 is 0 Å². The largest absolute Gasteiger partial charge is 0.477 e. The maximum Gasteiger partial charge on any atom is 0.263 e. The van der Waals surface area contributed by atoms with Crippen molar-refractivity contribution in [2.24, 2.45) is 0 Å². The van der Waals surface area contributed by atoms with Gasteiger partial charge in [-0.1, -0.05) is 11.6 Å². The fourth-order valence-corrected chi connectivity index (χ4v) is 1.68. The zero-order valence-corrected chi connectivity index (χ0v) is 9.07. The van der Waals surface area contributed by atoms with Gasteiger partial charge in [-0.05, 0) is 12.1 Å². The van der Waals surface area contributed by atoms with Gasteiger partial charge in [0.15, 0.2) is 17.0 Å².